The topological polar surface area (TPSA) is 54.4 Å². The molecule has 1 aromatic rings. The van der Waals surface area contributed by atoms with Gasteiger partial charge in [-0.25, -0.2) is 8.42 Å². The molecule has 2 unspecified atom stereocenters. The maximum absolute atomic E-state index is 11.3. The SMILES string of the molecule is O=S1(=O)CC(O)C(SCc2ccccc2)C1. The zero-order valence-electron chi connectivity index (χ0n) is 8.74. The Hall–Kier alpha value is -0.520. The van der Waals surface area contributed by atoms with Gasteiger partial charge < -0.3 is 5.11 Å². The molecule has 1 saturated heterocycles. The van der Waals surface area contributed by atoms with Crippen molar-refractivity contribution in [2.75, 3.05) is 11.5 Å². The molecule has 3 nitrogen and oxygen atoms in total. The van der Waals surface area contributed by atoms with E-state index in [-0.39, 0.29) is 16.8 Å². The first-order valence-corrected chi connectivity index (χ1v) is 7.98. The van der Waals surface area contributed by atoms with E-state index in [9.17, 15) is 13.5 Å². The van der Waals surface area contributed by atoms with Gasteiger partial charge in [0.05, 0.1) is 17.6 Å². The Morgan fingerprint density at radius 3 is 2.50 bits per heavy atom. The smallest absolute Gasteiger partial charge is 0.154 e. The van der Waals surface area contributed by atoms with Crippen LogP contribution in [0.2, 0.25) is 0 Å². The van der Waals surface area contributed by atoms with Gasteiger partial charge in [0.25, 0.3) is 0 Å². The zero-order valence-corrected chi connectivity index (χ0v) is 10.4. The Labute approximate surface area is 99.8 Å². The van der Waals surface area contributed by atoms with Gasteiger partial charge in [0.15, 0.2) is 9.84 Å². The molecular formula is C11H14O3S2. The van der Waals surface area contributed by atoms with Crippen LogP contribution in [0.15, 0.2) is 30.3 Å². The first-order valence-electron chi connectivity index (χ1n) is 5.11. The third-order valence-corrected chi connectivity index (χ3v) is 5.92. The van der Waals surface area contributed by atoms with Gasteiger partial charge in [-0.2, -0.15) is 0 Å². The van der Waals surface area contributed by atoms with Crippen LogP contribution in [0.25, 0.3) is 0 Å². The maximum Gasteiger partial charge on any atom is 0.154 e. The number of aliphatic hydroxyl groups excluding tert-OH is 1. The van der Waals surface area contributed by atoms with E-state index in [4.69, 9.17) is 0 Å². The van der Waals surface area contributed by atoms with Crippen LogP contribution in [0, 0.1) is 0 Å². The fourth-order valence-electron chi connectivity index (χ4n) is 1.73. The highest BCUT2D eigenvalue weighted by Gasteiger charge is 2.36. The van der Waals surface area contributed by atoms with E-state index in [0.29, 0.717) is 0 Å². The van der Waals surface area contributed by atoms with Crippen molar-refractivity contribution in [3.05, 3.63) is 35.9 Å². The van der Waals surface area contributed by atoms with E-state index in [1.54, 1.807) is 0 Å². The molecule has 16 heavy (non-hydrogen) atoms. The summed E-state index contributed by atoms with van der Waals surface area (Å²) in [5.41, 5.74) is 1.16. The molecule has 2 rings (SSSR count). The average Bonchev–Trinajstić information content (AvgIpc) is 2.50. The molecule has 1 aliphatic rings. The summed E-state index contributed by atoms with van der Waals surface area (Å²) in [6.45, 7) is 0. The molecule has 1 aromatic carbocycles. The van der Waals surface area contributed by atoms with E-state index in [1.165, 1.54) is 11.8 Å². The van der Waals surface area contributed by atoms with Crippen LogP contribution in [0.5, 0.6) is 0 Å². The predicted octanol–water partition coefficient (Wildman–Crippen LogP) is 1.08. The molecule has 5 heteroatoms. The summed E-state index contributed by atoms with van der Waals surface area (Å²) < 4.78 is 22.6. The molecule has 1 heterocycles. The molecule has 0 radical (unpaired) electrons. The second-order valence-corrected chi connectivity index (χ2v) is 7.36. The van der Waals surface area contributed by atoms with Gasteiger partial charge in [-0.05, 0) is 5.56 Å². The Balaban J connectivity index is 1.92. The van der Waals surface area contributed by atoms with Gasteiger partial charge in [-0.3, -0.25) is 0 Å². The zero-order chi connectivity index (χ0) is 11.6. The van der Waals surface area contributed by atoms with Crippen LogP contribution in [-0.4, -0.2) is 36.4 Å². The standard InChI is InChI=1S/C11H14O3S2/c12-10-7-16(13,14)8-11(10)15-6-9-4-2-1-3-5-9/h1-5,10-12H,6-8H2. The van der Waals surface area contributed by atoms with Crippen molar-refractivity contribution in [2.24, 2.45) is 0 Å². The lowest BCUT2D eigenvalue weighted by Gasteiger charge is -2.11. The number of hydrogen-bond acceptors (Lipinski definition) is 4. The summed E-state index contributed by atoms with van der Waals surface area (Å²) in [6, 6.07) is 9.87. The van der Waals surface area contributed by atoms with Crippen molar-refractivity contribution in [3.63, 3.8) is 0 Å². The molecule has 0 bridgehead atoms. The van der Waals surface area contributed by atoms with Crippen LogP contribution < -0.4 is 0 Å². The van der Waals surface area contributed by atoms with Crippen molar-refractivity contribution in [1.29, 1.82) is 0 Å². The summed E-state index contributed by atoms with van der Waals surface area (Å²) >= 11 is 1.52. The van der Waals surface area contributed by atoms with E-state index in [0.717, 1.165) is 11.3 Å². The van der Waals surface area contributed by atoms with Gasteiger partial charge >= 0.3 is 0 Å². The number of sulfone groups is 1. The van der Waals surface area contributed by atoms with Gasteiger partial charge in [0, 0.05) is 11.0 Å². The van der Waals surface area contributed by atoms with Gasteiger partial charge in [-0.1, -0.05) is 30.3 Å². The Morgan fingerprint density at radius 2 is 1.94 bits per heavy atom. The second-order valence-electron chi connectivity index (χ2n) is 3.98. The summed E-state index contributed by atoms with van der Waals surface area (Å²) in [7, 11) is -3.02. The fraction of sp³-hybridized carbons (Fsp3) is 0.455. The highest BCUT2D eigenvalue weighted by Crippen LogP contribution is 2.27. The highest BCUT2D eigenvalue weighted by molar-refractivity contribution is 8.01. The van der Waals surface area contributed by atoms with Crippen LogP contribution in [-0.2, 0) is 15.6 Å². The van der Waals surface area contributed by atoms with Gasteiger partial charge in [-0.15, -0.1) is 11.8 Å². The van der Waals surface area contributed by atoms with Crippen molar-refractivity contribution in [2.45, 2.75) is 17.1 Å². The summed E-state index contributed by atoms with van der Waals surface area (Å²) in [5, 5.41) is 9.43. The van der Waals surface area contributed by atoms with Crippen LogP contribution in [0.1, 0.15) is 5.56 Å². The minimum atomic E-state index is -3.02. The van der Waals surface area contributed by atoms with E-state index >= 15 is 0 Å². The molecule has 0 spiro atoms. The minimum absolute atomic E-state index is 0.0839. The molecule has 88 valence electrons. The van der Waals surface area contributed by atoms with Crippen molar-refractivity contribution >= 4 is 21.6 Å². The summed E-state index contributed by atoms with van der Waals surface area (Å²) in [4.78, 5) is 0. The predicted molar refractivity (Wildman–Crippen MR) is 66.2 cm³/mol. The Morgan fingerprint density at radius 1 is 1.25 bits per heavy atom. The van der Waals surface area contributed by atoms with E-state index in [1.807, 2.05) is 30.3 Å². The summed E-state index contributed by atoms with van der Waals surface area (Å²) in [5.74, 6) is 0.767. The third kappa shape index (κ3) is 2.99. The number of benzene rings is 1. The number of hydrogen-bond donors (Lipinski definition) is 1. The molecule has 2 atom stereocenters. The molecule has 1 fully saturated rings. The fourth-order valence-corrected chi connectivity index (χ4v) is 5.39. The lowest BCUT2D eigenvalue weighted by molar-refractivity contribution is 0.207. The van der Waals surface area contributed by atoms with E-state index < -0.39 is 15.9 Å². The number of aliphatic hydroxyl groups is 1. The number of thioether (sulfide) groups is 1. The normalized spacial score (nSPS) is 28.1. The quantitative estimate of drug-likeness (QED) is 0.881. The van der Waals surface area contributed by atoms with Gasteiger partial charge in [0.1, 0.15) is 0 Å². The molecule has 1 N–H and O–H groups in total. The Kier molecular flexibility index (Phi) is 3.56. The third-order valence-electron chi connectivity index (χ3n) is 2.58. The van der Waals surface area contributed by atoms with Crippen molar-refractivity contribution < 1.29 is 13.5 Å². The van der Waals surface area contributed by atoms with Crippen LogP contribution in [0.3, 0.4) is 0 Å². The molecule has 0 saturated carbocycles. The summed E-state index contributed by atoms with van der Waals surface area (Å²) in [6.07, 6.45) is -0.710. The molecule has 0 aromatic heterocycles. The van der Waals surface area contributed by atoms with E-state index in [2.05, 4.69) is 0 Å². The number of rotatable bonds is 3. The largest absolute Gasteiger partial charge is 0.391 e. The molecular weight excluding hydrogens is 244 g/mol. The first kappa shape index (κ1) is 12.0. The Bertz CT molecular complexity index is 442. The first-order chi connectivity index (χ1) is 7.57. The minimum Gasteiger partial charge on any atom is -0.391 e. The molecule has 1 aliphatic heterocycles. The second kappa shape index (κ2) is 4.77. The van der Waals surface area contributed by atoms with Crippen molar-refractivity contribution in [3.8, 4) is 0 Å². The lowest BCUT2D eigenvalue weighted by Crippen LogP contribution is -2.20. The van der Waals surface area contributed by atoms with Gasteiger partial charge in [0.2, 0.25) is 0 Å². The molecule has 0 amide bonds. The van der Waals surface area contributed by atoms with Crippen LogP contribution >= 0.6 is 11.8 Å². The maximum atomic E-state index is 11.3. The monoisotopic (exact) mass is 258 g/mol. The van der Waals surface area contributed by atoms with Crippen molar-refractivity contribution in [1.82, 2.24) is 0 Å². The molecule has 0 aliphatic carbocycles. The average molecular weight is 258 g/mol. The van der Waals surface area contributed by atoms with Crippen LogP contribution in [0.4, 0.5) is 0 Å². The lowest BCUT2D eigenvalue weighted by atomic mass is 10.2. The highest BCUT2D eigenvalue weighted by atomic mass is 32.2.